The fourth-order valence-corrected chi connectivity index (χ4v) is 3.29. The van der Waals surface area contributed by atoms with Crippen molar-refractivity contribution in [2.24, 2.45) is 4.99 Å². The highest BCUT2D eigenvalue weighted by Crippen LogP contribution is 2.40. The molecule has 3 rings (SSSR count). The predicted octanol–water partition coefficient (Wildman–Crippen LogP) is 6.04. The molecule has 4 heteroatoms. The smallest absolute Gasteiger partial charge is 0.128 e. The maximum absolute atomic E-state index is 11.1. The monoisotopic (exact) mass is 401 g/mol. The third-order valence-corrected chi connectivity index (χ3v) is 5.06. The van der Waals surface area contributed by atoms with Gasteiger partial charge in [0.15, 0.2) is 0 Å². The summed E-state index contributed by atoms with van der Waals surface area (Å²) in [6.07, 6.45) is 3.34. The van der Waals surface area contributed by atoms with E-state index in [9.17, 15) is 5.11 Å². The molecule has 0 spiro atoms. The lowest BCUT2D eigenvalue weighted by Gasteiger charge is -2.28. The Morgan fingerprint density at radius 2 is 1.77 bits per heavy atom. The maximum Gasteiger partial charge on any atom is 0.128 e. The Bertz CT molecular complexity index is 1040. The SMILES string of the molecule is C=CCOc1cccc(N=Cc2cc(OC)cc(C(C)(C)c3ccccc3)c2O)c1. The van der Waals surface area contributed by atoms with E-state index in [-0.39, 0.29) is 5.75 Å². The van der Waals surface area contributed by atoms with Gasteiger partial charge in [0, 0.05) is 28.8 Å². The summed E-state index contributed by atoms with van der Waals surface area (Å²) in [6.45, 7) is 8.25. The first-order chi connectivity index (χ1) is 14.5. The van der Waals surface area contributed by atoms with Gasteiger partial charge in [0.1, 0.15) is 23.9 Å². The van der Waals surface area contributed by atoms with Crippen LogP contribution in [0.1, 0.15) is 30.5 Å². The highest BCUT2D eigenvalue weighted by molar-refractivity contribution is 5.87. The Hall–Kier alpha value is -3.53. The van der Waals surface area contributed by atoms with Crippen LogP contribution in [0.25, 0.3) is 0 Å². The molecule has 0 amide bonds. The van der Waals surface area contributed by atoms with E-state index in [1.54, 1.807) is 25.5 Å². The molecule has 3 aromatic rings. The molecule has 0 aliphatic heterocycles. The summed E-state index contributed by atoms with van der Waals surface area (Å²) in [5.41, 5.74) is 2.77. The molecule has 0 aromatic heterocycles. The number of phenolic OH excluding ortho intramolecular Hbond substituents is 1. The van der Waals surface area contributed by atoms with Gasteiger partial charge in [-0.1, -0.05) is 62.9 Å². The first-order valence-corrected chi connectivity index (χ1v) is 9.80. The van der Waals surface area contributed by atoms with Gasteiger partial charge in [-0.15, -0.1) is 0 Å². The number of hydrogen-bond acceptors (Lipinski definition) is 4. The molecule has 0 bridgehead atoms. The second kappa shape index (κ2) is 9.31. The minimum absolute atomic E-state index is 0.187. The van der Waals surface area contributed by atoms with Crippen molar-refractivity contribution in [1.29, 1.82) is 0 Å². The minimum Gasteiger partial charge on any atom is -0.507 e. The molecule has 0 radical (unpaired) electrons. The van der Waals surface area contributed by atoms with Crippen molar-refractivity contribution in [2.45, 2.75) is 19.3 Å². The summed E-state index contributed by atoms with van der Waals surface area (Å²) >= 11 is 0. The Balaban J connectivity index is 1.99. The minimum atomic E-state index is -0.416. The highest BCUT2D eigenvalue weighted by atomic mass is 16.5. The topological polar surface area (TPSA) is 51.0 Å². The average Bonchev–Trinajstić information content (AvgIpc) is 2.77. The number of hydrogen-bond donors (Lipinski definition) is 1. The van der Waals surface area contributed by atoms with Crippen molar-refractivity contribution in [3.63, 3.8) is 0 Å². The molecule has 0 aliphatic carbocycles. The van der Waals surface area contributed by atoms with Crippen molar-refractivity contribution in [2.75, 3.05) is 13.7 Å². The van der Waals surface area contributed by atoms with Crippen molar-refractivity contribution in [3.05, 3.63) is 96.1 Å². The summed E-state index contributed by atoms with van der Waals surface area (Å²) in [6, 6.07) is 21.2. The van der Waals surface area contributed by atoms with Crippen molar-refractivity contribution < 1.29 is 14.6 Å². The van der Waals surface area contributed by atoms with Crippen LogP contribution >= 0.6 is 0 Å². The standard InChI is InChI=1S/C26H27NO3/c1-5-14-30-22-13-9-12-21(16-22)27-18-19-15-23(29-4)17-24(25(19)28)26(2,3)20-10-7-6-8-11-20/h5-13,15-18,28H,1,14H2,2-4H3. The largest absolute Gasteiger partial charge is 0.507 e. The second-order valence-electron chi connectivity index (χ2n) is 7.46. The third kappa shape index (κ3) is 4.71. The van der Waals surface area contributed by atoms with Crippen LogP contribution in [0.4, 0.5) is 5.69 Å². The molecule has 4 nitrogen and oxygen atoms in total. The van der Waals surface area contributed by atoms with Gasteiger partial charge in [0.2, 0.25) is 0 Å². The molecule has 3 aromatic carbocycles. The molecule has 0 heterocycles. The van der Waals surface area contributed by atoms with E-state index >= 15 is 0 Å². The van der Waals surface area contributed by atoms with E-state index in [1.165, 1.54) is 0 Å². The molecular formula is C26H27NO3. The average molecular weight is 402 g/mol. The molecule has 0 saturated carbocycles. The Kier molecular flexibility index (Phi) is 6.58. The summed E-state index contributed by atoms with van der Waals surface area (Å²) in [5.74, 6) is 1.56. The van der Waals surface area contributed by atoms with Gasteiger partial charge >= 0.3 is 0 Å². The second-order valence-corrected chi connectivity index (χ2v) is 7.46. The highest BCUT2D eigenvalue weighted by Gasteiger charge is 2.28. The maximum atomic E-state index is 11.1. The van der Waals surface area contributed by atoms with E-state index < -0.39 is 5.41 Å². The lowest BCUT2D eigenvalue weighted by atomic mass is 9.77. The third-order valence-electron chi connectivity index (χ3n) is 5.06. The lowest BCUT2D eigenvalue weighted by molar-refractivity contribution is 0.363. The van der Waals surface area contributed by atoms with Crippen LogP contribution in [0.3, 0.4) is 0 Å². The van der Waals surface area contributed by atoms with Crippen LogP contribution < -0.4 is 9.47 Å². The zero-order valence-corrected chi connectivity index (χ0v) is 17.6. The molecule has 0 saturated heterocycles. The zero-order valence-electron chi connectivity index (χ0n) is 17.6. The summed E-state index contributed by atoms with van der Waals surface area (Å²) in [5, 5.41) is 11.1. The van der Waals surface area contributed by atoms with Gasteiger partial charge in [-0.05, 0) is 29.8 Å². The van der Waals surface area contributed by atoms with Gasteiger partial charge in [0.25, 0.3) is 0 Å². The molecular weight excluding hydrogens is 374 g/mol. The number of aliphatic imine (C=N–C) groups is 1. The van der Waals surface area contributed by atoms with Crippen molar-refractivity contribution in [1.82, 2.24) is 0 Å². The number of ether oxygens (including phenoxy) is 2. The van der Waals surface area contributed by atoms with Crippen LogP contribution in [0.15, 0.2) is 84.4 Å². The normalized spacial score (nSPS) is 11.4. The Morgan fingerprint density at radius 1 is 1.00 bits per heavy atom. The van der Waals surface area contributed by atoms with Crippen LogP contribution in [0, 0.1) is 0 Å². The molecule has 154 valence electrons. The predicted molar refractivity (Wildman–Crippen MR) is 123 cm³/mol. The summed E-state index contributed by atoms with van der Waals surface area (Å²) < 4.78 is 11.1. The number of aromatic hydroxyl groups is 1. The molecule has 1 N–H and O–H groups in total. The number of rotatable bonds is 8. The lowest BCUT2D eigenvalue weighted by Crippen LogP contribution is -2.19. The molecule has 0 fully saturated rings. The molecule has 0 aliphatic rings. The van der Waals surface area contributed by atoms with Crippen LogP contribution in [-0.2, 0) is 5.41 Å². The Labute approximate surface area is 178 Å². The number of methoxy groups -OCH3 is 1. The first-order valence-electron chi connectivity index (χ1n) is 9.80. The summed E-state index contributed by atoms with van der Waals surface area (Å²) in [7, 11) is 1.62. The van der Waals surface area contributed by atoms with Crippen LogP contribution in [0.5, 0.6) is 17.2 Å². The zero-order chi connectivity index (χ0) is 21.6. The first kappa shape index (κ1) is 21.2. The quantitative estimate of drug-likeness (QED) is 0.370. The van der Waals surface area contributed by atoms with Gasteiger partial charge in [0.05, 0.1) is 12.8 Å². The molecule has 0 atom stereocenters. The van der Waals surface area contributed by atoms with Crippen LogP contribution in [0.2, 0.25) is 0 Å². The summed E-state index contributed by atoms with van der Waals surface area (Å²) in [4.78, 5) is 4.53. The van der Waals surface area contributed by atoms with E-state index in [0.29, 0.717) is 23.7 Å². The van der Waals surface area contributed by atoms with Crippen molar-refractivity contribution in [3.8, 4) is 17.2 Å². The van der Waals surface area contributed by atoms with Gasteiger partial charge < -0.3 is 14.6 Å². The van der Waals surface area contributed by atoms with Gasteiger partial charge in [-0.3, -0.25) is 4.99 Å². The van der Waals surface area contributed by atoms with E-state index in [1.807, 2.05) is 48.5 Å². The fraction of sp³-hybridized carbons (Fsp3) is 0.192. The molecule has 30 heavy (non-hydrogen) atoms. The fourth-order valence-electron chi connectivity index (χ4n) is 3.29. The van der Waals surface area contributed by atoms with Crippen LogP contribution in [-0.4, -0.2) is 25.0 Å². The number of phenols is 1. The van der Waals surface area contributed by atoms with Gasteiger partial charge in [-0.25, -0.2) is 0 Å². The van der Waals surface area contributed by atoms with Crippen molar-refractivity contribution >= 4 is 11.9 Å². The Morgan fingerprint density at radius 3 is 2.47 bits per heavy atom. The number of nitrogens with zero attached hydrogens (tertiary/aromatic N) is 1. The van der Waals surface area contributed by atoms with E-state index in [0.717, 1.165) is 16.8 Å². The van der Waals surface area contributed by atoms with E-state index in [4.69, 9.17) is 9.47 Å². The number of benzene rings is 3. The van der Waals surface area contributed by atoms with E-state index in [2.05, 4.69) is 37.6 Å². The molecule has 0 unspecified atom stereocenters. The van der Waals surface area contributed by atoms with Gasteiger partial charge in [-0.2, -0.15) is 0 Å².